The molecule has 1 aromatic heterocycles. The number of rotatable bonds is 9. The standard InChI is InChI=1S/C26H23F2N3O3S/c1-34-14-13-30(16-18-7-3-2-4-8-18)24(32)17-35-26-29-22-10-6-5-9-20(22)25(33)31(26)23-12-11-19(27)15-21(23)28/h2-12,15H,13-14,16-17H2,1H3. The van der Waals surface area contributed by atoms with Crippen molar-refractivity contribution < 1.29 is 18.3 Å². The number of benzene rings is 3. The summed E-state index contributed by atoms with van der Waals surface area (Å²) in [5.41, 5.74) is 0.754. The quantitative estimate of drug-likeness (QED) is 0.254. The summed E-state index contributed by atoms with van der Waals surface area (Å²) in [6.07, 6.45) is 0. The highest BCUT2D eigenvalue weighted by molar-refractivity contribution is 7.99. The first kappa shape index (κ1) is 24.6. The molecule has 0 radical (unpaired) electrons. The predicted molar refractivity (Wildman–Crippen MR) is 132 cm³/mol. The maximum absolute atomic E-state index is 14.7. The van der Waals surface area contributed by atoms with Gasteiger partial charge in [0.25, 0.3) is 5.56 Å². The molecular formula is C26H23F2N3O3S. The summed E-state index contributed by atoms with van der Waals surface area (Å²) in [5.74, 6) is -1.89. The van der Waals surface area contributed by atoms with Crippen LogP contribution in [0.5, 0.6) is 0 Å². The van der Waals surface area contributed by atoms with Gasteiger partial charge in [-0.3, -0.25) is 14.2 Å². The Labute approximate surface area is 205 Å². The maximum atomic E-state index is 14.7. The number of hydrogen-bond acceptors (Lipinski definition) is 5. The molecular weight excluding hydrogens is 472 g/mol. The summed E-state index contributed by atoms with van der Waals surface area (Å²) in [5, 5.41) is 0.427. The first-order valence-corrected chi connectivity index (χ1v) is 11.9. The fourth-order valence-electron chi connectivity index (χ4n) is 3.60. The average molecular weight is 496 g/mol. The smallest absolute Gasteiger partial charge is 0.266 e. The molecule has 4 aromatic rings. The molecule has 4 rings (SSSR count). The molecule has 1 heterocycles. The monoisotopic (exact) mass is 495 g/mol. The van der Waals surface area contributed by atoms with E-state index >= 15 is 0 Å². The van der Waals surface area contributed by atoms with E-state index in [2.05, 4.69) is 4.98 Å². The lowest BCUT2D eigenvalue weighted by molar-refractivity contribution is -0.129. The molecule has 9 heteroatoms. The van der Waals surface area contributed by atoms with Crippen LogP contribution in [0.1, 0.15) is 5.56 Å². The molecule has 0 spiro atoms. The lowest BCUT2D eigenvalue weighted by atomic mass is 10.2. The van der Waals surface area contributed by atoms with Crippen molar-refractivity contribution in [2.45, 2.75) is 11.7 Å². The third-order valence-corrected chi connectivity index (χ3v) is 6.28. The second-order valence-corrected chi connectivity index (χ2v) is 8.67. The minimum atomic E-state index is -0.900. The third-order valence-electron chi connectivity index (χ3n) is 5.35. The SMILES string of the molecule is COCCN(Cc1ccccc1)C(=O)CSc1nc2ccccc2c(=O)n1-c1ccc(F)cc1F. The fourth-order valence-corrected chi connectivity index (χ4v) is 4.51. The molecule has 0 fully saturated rings. The molecule has 6 nitrogen and oxygen atoms in total. The Bertz CT molecular complexity index is 1400. The summed E-state index contributed by atoms with van der Waals surface area (Å²) in [4.78, 5) is 32.6. The number of thioether (sulfide) groups is 1. The molecule has 180 valence electrons. The molecule has 0 unspecified atom stereocenters. The fraction of sp³-hybridized carbons (Fsp3) is 0.192. The number of carbonyl (C=O) groups is 1. The Balaban J connectivity index is 1.67. The van der Waals surface area contributed by atoms with Crippen LogP contribution in [0.25, 0.3) is 16.6 Å². The number of amides is 1. The Morgan fingerprint density at radius 2 is 1.80 bits per heavy atom. The van der Waals surface area contributed by atoms with Crippen molar-refractivity contribution in [3.05, 3.63) is 100 Å². The van der Waals surface area contributed by atoms with E-state index in [0.717, 1.165) is 28.0 Å². The summed E-state index contributed by atoms with van der Waals surface area (Å²) < 4.78 is 34.5. The number of fused-ring (bicyclic) bond motifs is 1. The lowest BCUT2D eigenvalue weighted by Crippen LogP contribution is -2.35. The van der Waals surface area contributed by atoms with E-state index in [9.17, 15) is 18.4 Å². The average Bonchev–Trinajstić information content (AvgIpc) is 2.86. The van der Waals surface area contributed by atoms with Crippen LogP contribution in [-0.4, -0.2) is 46.4 Å². The van der Waals surface area contributed by atoms with Gasteiger partial charge in [0, 0.05) is 26.3 Å². The first-order valence-electron chi connectivity index (χ1n) is 10.9. The van der Waals surface area contributed by atoms with E-state index in [1.165, 1.54) is 6.07 Å². The van der Waals surface area contributed by atoms with Crippen molar-refractivity contribution in [1.82, 2.24) is 14.5 Å². The van der Waals surface area contributed by atoms with Crippen LogP contribution in [0.4, 0.5) is 8.78 Å². The zero-order chi connectivity index (χ0) is 24.8. The van der Waals surface area contributed by atoms with Crippen LogP contribution in [0.2, 0.25) is 0 Å². The van der Waals surface area contributed by atoms with Crippen molar-refractivity contribution in [3.8, 4) is 5.69 Å². The molecule has 0 saturated heterocycles. The molecule has 3 aromatic carbocycles. The zero-order valence-electron chi connectivity index (χ0n) is 19.0. The van der Waals surface area contributed by atoms with Crippen molar-refractivity contribution in [1.29, 1.82) is 0 Å². The number of halogens is 2. The molecule has 0 aliphatic carbocycles. The van der Waals surface area contributed by atoms with E-state index in [1.807, 2.05) is 30.3 Å². The van der Waals surface area contributed by atoms with Crippen LogP contribution >= 0.6 is 11.8 Å². The predicted octanol–water partition coefficient (Wildman–Crippen LogP) is 4.43. The normalized spacial score (nSPS) is 11.1. The van der Waals surface area contributed by atoms with Crippen LogP contribution in [0.15, 0.2) is 82.7 Å². The highest BCUT2D eigenvalue weighted by atomic mass is 32.2. The van der Waals surface area contributed by atoms with E-state index in [0.29, 0.717) is 31.3 Å². The molecule has 0 bridgehead atoms. The minimum absolute atomic E-state index is 0.0376. The van der Waals surface area contributed by atoms with Gasteiger partial charge < -0.3 is 9.64 Å². The highest BCUT2D eigenvalue weighted by Crippen LogP contribution is 2.24. The molecule has 0 atom stereocenters. The number of carbonyl (C=O) groups excluding carboxylic acids is 1. The first-order chi connectivity index (χ1) is 17.0. The number of nitrogens with zero attached hydrogens (tertiary/aromatic N) is 3. The van der Waals surface area contributed by atoms with E-state index < -0.39 is 17.2 Å². The number of aromatic nitrogens is 2. The van der Waals surface area contributed by atoms with Crippen molar-refractivity contribution in [2.75, 3.05) is 26.0 Å². The van der Waals surface area contributed by atoms with Gasteiger partial charge in [0.2, 0.25) is 5.91 Å². The van der Waals surface area contributed by atoms with Crippen molar-refractivity contribution in [2.24, 2.45) is 0 Å². The number of ether oxygens (including phenoxy) is 1. The largest absolute Gasteiger partial charge is 0.383 e. The maximum Gasteiger partial charge on any atom is 0.266 e. The molecule has 1 amide bonds. The summed E-state index contributed by atoms with van der Waals surface area (Å²) in [6, 6.07) is 19.2. The van der Waals surface area contributed by atoms with Gasteiger partial charge in [0.15, 0.2) is 5.16 Å². The number of hydrogen-bond donors (Lipinski definition) is 0. The van der Waals surface area contributed by atoms with Crippen molar-refractivity contribution >= 4 is 28.6 Å². The Morgan fingerprint density at radius 1 is 1.06 bits per heavy atom. The molecule has 0 N–H and O–H groups in total. The van der Waals surface area contributed by atoms with E-state index in [4.69, 9.17) is 4.74 Å². The van der Waals surface area contributed by atoms with Gasteiger partial charge in [0.05, 0.1) is 29.0 Å². The topological polar surface area (TPSA) is 64.4 Å². The number of methoxy groups -OCH3 is 1. The Morgan fingerprint density at radius 3 is 2.54 bits per heavy atom. The van der Waals surface area contributed by atoms with Gasteiger partial charge in [0.1, 0.15) is 11.6 Å². The van der Waals surface area contributed by atoms with Crippen molar-refractivity contribution in [3.63, 3.8) is 0 Å². The molecule has 0 aliphatic rings. The molecule has 35 heavy (non-hydrogen) atoms. The second kappa shape index (κ2) is 11.2. The van der Waals surface area contributed by atoms with Gasteiger partial charge in [-0.2, -0.15) is 0 Å². The van der Waals surface area contributed by atoms with Gasteiger partial charge in [-0.05, 0) is 29.8 Å². The van der Waals surface area contributed by atoms with Gasteiger partial charge in [-0.1, -0.05) is 54.2 Å². The van der Waals surface area contributed by atoms with Gasteiger partial charge in [-0.15, -0.1) is 0 Å². The van der Waals surface area contributed by atoms with E-state index in [1.54, 1.807) is 36.3 Å². The minimum Gasteiger partial charge on any atom is -0.383 e. The Kier molecular flexibility index (Phi) is 7.89. The van der Waals surface area contributed by atoms with Gasteiger partial charge in [-0.25, -0.2) is 13.8 Å². The highest BCUT2D eigenvalue weighted by Gasteiger charge is 2.20. The molecule has 0 aliphatic heterocycles. The van der Waals surface area contributed by atoms with Crippen LogP contribution in [0, 0.1) is 11.6 Å². The number of para-hydroxylation sites is 1. The third kappa shape index (κ3) is 5.75. The van der Waals surface area contributed by atoms with Crippen LogP contribution in [-0.2, 0) is 16.1 Å². The second-order valence-electron chi connectivity index (χ2n) is 7.73. The van der Waals surface area contributed by atoms with Crippen LogP contribution < -0.4 is 5.56 Å². The lowest BCUT2D eigenvalue weighted by Gasteiger charge is -2.23. The summed E-state index contributed by atoms with van der Waals surface area (Å²) >= 11 is 1.02. The van der Waals surface area contributed by atoms with E-state index in [-0.39, 0.29) is 27.9 Å². The Hall–Kier alpha value is -3.56. The zero-order valence-corrected chi connectivity index (χ0v) is 19.8. The molecule has 0 saturated carbocycles. The summed E-state index contributed by atoms with van der Waals surface area (Å²) in [7, 11) is 1.56. The summed E-state index contributed by atoms with van der Waals surface area (Å²) in [6.45, 7) is 1.15. The van der Waals surface area contributed by atoms with Gasteiger partial charge >= 0.3 is 0 Å². The van der Waals surface area contributed by atoms with Crippen LogP contribution in [0.3, 0.4) is 0 Å².